The predicted molar refractivity (Wildman–Crippen MR) is 69.7 cm³/mol. The minimum Gasteiger partial charge on any atom is -0.454 e. The maximum Gasteiger partial charge on any atom is 0.339 e. The molecule has 1 aliphatic heterocycles. The van der Waals surface area contributed by atoms with E-state index in [0.29, 0.717) is 17.5 Å². The second-order valence-electron chi connectivity index (χ2n) is 4.43. The van der Waals surface area contributed by atoms with Crippen molar-refractivity contribution in [2.45, 2.75) is 12.5 Å². The van der Waals surface area contributed by atoms with Crippen molar-refractivity contribution in [2.75, 3.05) is 0 Å². The number of esters is 1. The van der Waals surface area contributed by atoms with Gasteiger partial charge in [-0.15, -0.1) is 0 Å². The lowest BCUT2D eigenvalue weighted by atomic mass is 9.94. The molecule has 2 nitrogen and oxygen atoms in total. The van der Waals surface area contributed by atoms with Gasteiger partial charge in [0.2, 0.25) is 0 Å². The molecule has 1 aliphatic rings. The van der Waals surface area contributed by atoms with E-state index in [1.165, 1.54) is 12.1 Å². The number of ether oxygens (including phenoxy) is 1. The van der Waals surface area contributed by atoms with E-state index in [4.69, 9.17) is 16.3 Å². The average molecular weight is 277 g/mol. The molecule has 19 heavy (non-hydrogen) atoms. The van der Waals surface area contributed by atoms with Crippen LogP contribution in [0.2, 0.25) is 5.02 Å². The highest BCUT2D eigenvalue weighted by molar-refractivity contribution is 6.31. The standard InChI is InChI=1S/C15H10ClFO2/c16-12-8-11-10(6-13(12)17)7-14(19-15(11)18)9-4-2-1-3-5-9/h1-6,8,14H,7H2. The van der Waals surface area contributed by atoms with Gasteiger partial charge in [0, 0.05) is 6.42 Å². The summed E-state index contributed by atoms with van der Waals surface area (Å²) in [5.74, 6) is -0.973. The van der Waals surface area contributed by atoms with E-state index in [2.05, 4.69) is 0 Å². The van der Waals surface area contributed by atoms with Gasteiger partial charge in [-0.3, -0.25) is 0 Å². The van der Waals surface area contributed by atoms with Crippen molar-refractivity contribution in [3.05, 3.63) is 70.0 Å². The monoisotopic (exact) mass is 276 g/mol. The van der Waals surface area contributed by atoms with Crippen LogP contribution in [0.4, 0.5) is 4.39 Å². The van der Waals surface area contributed by atoms with Crippen LogP contribution in [0.15, 0.2) is 42.5 Å². The molecule has 0 amide bonds. The fourth-order valence-electron chi connectivity index (χ4n) is 2.23. The molecular weight excluding hydrogens is 267 g/mol. The lowest BCUT2D eigenvalue weighted by Crippen LogP contribution is -2.22. The van der Waals surface area contributed by atoms with Gasteiger partial charge in [0.05, 0.1) is 10.6 Å². The third kappa shape index (κ3) is 2.22. The molecule has 1 heterocycles. The number of hydrogen-bond acceptors (Lipinski definition) is 2. The molecule has 2 aromatic carbocycles. The Morgan fingerprint density at radius 3 is 2.68 bits per heavy atom. The van der Waals surface area contributed by atoms with E-state index in [0.717, 1.165) is 5.56 Å². The summed E-state index contributed by atoms with van der Waals surface area (Å²) in [7, 11) is 0. The van der Waals surface area contributed by atoms with Gasteiger partial charge in [-0.1, -0.05) is 41.9 Å². The van der Waals surface area contributed by atoms with Gasteiger partial charge in [0.15, 0.2) is 0 Å². The van der Waals surface area contributed by atoms with Gasteiger partial charge in [-0.25, -0.2) is 9.18 Å². The number of fused-ring (bicyclic) bond motifs is 1. The predicted octanol–water partition coefficient (Wildman–Crippen LogP) is 3.93. The first-order chi connectivity index (χ1) is 9.15. The number of hydrogen-bond donors (Lipinski definition) is 0. The minimum atomic E-state index is -0.512. The SMILES string of the molecule is O=C1OC(c2ccccc2)Cc2cc(F)c(Cl)cc21. The Morgan fingerprint density at radius 2 is 1.95 bits per heavy atom. The smallest absolute Gasteiger partial charge is 0.339 e. The number of carbonyl (C=O) groups excluding carboxylic acids is 1. The Balaban J connectivity index is 2.00. The summed E-state index contributed by atoms with van der Waals surface area (Å²) in [5, 5.41) is -0.0612. The summed E-state index contributed by atoms with van der Waals surface area (Å²) in [4.78, 5) is 11.9. The van der Waals surface area contributed by atoms with Crippen LogP contribution in [0.3, 0.4) is 0 Å². The van der Waals surface area contributed by atoms with Crippen molar-refractivity contribution in [3.8, 4) is 0 Å². The molecule has 0 saturated carbocycles. The summed E-state index contributed by atoms with van der Waals surface area (Å²) < 4.78 is 18.9. The Labute approximate surface area is 114 Å². The maximum absolute atomic E-state index is 13.5. The van der Waals surface area contributed by atoms with E-state index >= 15 is 0 Å². The summed E-state index contributed by atoms with van der Waals surface area (Å²) in [6.07, 6.45) is 0.0842. The molecule has 0 fully saturated rings. The highest BCUT2D eigenvalue weighted by Crippen LogP contribution is 2.32. The van der Waals surface area contributed by atoms with Crippen LogP contribution >= 0.6 is 11.6 Å². The molecule has 0 aliphatic carbocycles. The Kier molecular flexibility index (Phi) is 2.99. The van der Waals surface area contributed by atoms with Crippen LogP contribution < -0.4 is 0 Å². The van der Waals surface area contributed by atoms with Crippen LogP contribution in [-0.4, -0.2) is 5.97 Å². The zero-order chi connectivity index (χ0) is 13.4. The number of halogens is 2. The van der Waals surface area contributed by atoms with E-state index in [9.17, 15) is 9.18 Å². The van der Waals surface area contributed by atoms with Gasteiger partial charge in [0.25, 0.3) is 0 Å². The zero-order valence-corrected chi connectivity index (χ0v) is 10.7. The van der Waals surface area contributed by atoms with Crippen LogP contribution in [0.1, 0.15) is 27.6 Å². The molecule has 1 atom stereocenters. The van der Waals surface area contributed by atoms with Crippen LogP contribution in [0.5, 0.6) is 0 Å². The summed E-state index contributed by atoms with van der Waals surface area (Å²) in [6, 6.07) is 12.1. The molecule has 0 radical (unpaired) electrons. The zero-order valence-electron chi connectivity index (χ0n) is 9.90. The minimum absolute atomic E-state index is 0.0612. The number of carbonyl (C=O) groups is 1. The lowest BCUT2D eigenvalue weighted by molar-refractivity contribution is 0.0252. The second kappa shape index (κ2) is 4.67. The molecular formula is C15H10ClFO2. The molecule has 0 spiro atoms. The number of cyclic esters (lactones) is 1. The van der Waals surface area contributed by atoms with Gasteiger partial charge in [-0.2, -0.15) is 0 Å². The average Bonchev–Trinajstić information content (AvgIpc) is 2.42. The summed E-state index contributed by atoms with van der Waals surface area (Å²) in [5.41, 5.74) is 1.88. The fourth-order valence-corrected chi connectivity index (χ4v) is 2.40. The molecule has 2 aromatic rings. The van der Waals surface area contributed by atoms with Crippen molar-refractivity contribution < 1.29 is 13.9 Å². The molecule has 0 N–H and O–H groups in total. The Bertz CT molecular complexity index is 640. The number of benzene rings is 2. The molecule has 0 bridgehead atoms. The van der Waals surface area contributed by atoms with E-state index in [1.54, 1.807) is 0 Å². The molecule has 96 valence electrons. The normalized spacial score (nSPS) is 17.8. The Hall–Kier alpha value is -1.87. The molecule has 4 heteroatoms. The topological polar surface area (TPSA) is 26.3 Å². The Morgan fingerprint density at radius 1 is 1.21 bits per heavy atom. The van der Waals surface area contributed by atoms with E-state index in [1.807, 2.05) is 30.3 Å². The first-order valence-electron chi connectivity index (χ1n) is 5.89. The van der Waals surface area contributed by atoms with Crippen molar-refractivity contribution in [1.29, 1.82) is 0 Å². The van der Waals surface area contributed by atoms with Crippen molar-refractivity contribution >= 4 is 17.6 Å². The second-order valence-corrected chi connectivity index (χ2v) is 4.84. The van der Waals surface area contributed by atoms with Crippen molar-refractivity contribution in [3.63, 3.8) is 0 Å². The van der Waals surface area contributed by atoms with Gasteiger partial charge in [-0.05, 0) is 23.3 Å². The van der Waals surface area contributed by atoms with E-state index in [-0.39, 0.29) is 11.1 Å². The third-order valence-corrected chi connectivity index (χ3v) is 3.48. The maximum atomic E-state index is 13.5. The van der Waals surface area contributed by atoms with Gasteiger partial charge >= 0.3 is 5.97 Å². The molecule has 0 aromatic heterocycles. The van der Waals surface area contributed by atoms with E-state index < -0.39 is 11.8 Å². The summed E-state index contributed by atoms with van der Waals surface area (Å²) in [6.45, 7) is 0. The first-order valence-corrected chi connectivity index (χ1v) is 6.27. The van der Waals surface area contributed by atoms with Gasteiger partial charge < -0.3 is 4.74 Å². The quantitative estimate of drug-likeness (QED) is 0.738. The highest BCUT2D eigenvalue weighted by Gasteiger charge is 2.28. The largest absolute Gasteiger partial charge is 0.454 e. The van der Waals surface area contributed by atoms with Crippen molar-refractivity contribution in [2.24, 2.45) is 0 Å². The van der Waals surface area contributed by atoms with Crippen LogP contribution in [0, 0.1) is 5.82 Å². The van der Waals surface area contributed by atoms with Crippen LogP contribution in [0.25, 0.3) is 0 Å². The molecule has 0 saturated heterocycles. The van der Waals surface area contributed by atoms with Crippen LogP contribution in [-0.2, 0) is 11.2 Å². The van der Waals surface area contributed by atoms with Gasteiger partial charge in [0.1, 0.15) is 11.9 Å². The molecule has 3 rings (SSSR count). The third-order valence-electron chi connectivity index (χ3n) is 3.19. The number of rotatable bonds is 1. The van der Waals surface area contributed by atoms with Crippen molar-refractivity contribution in [1.82, 2.24) is 0 Å². The summed E-state index contributed by atoms with van der Waals surface area (Å²) >= 11 is 5.68. The lowest BCUT2D eigenvalue weighted by Gasteiger charge is -2.25. The highest BCUT2D eigenvalue weighted by atomic mass is 35.5. The first kappa shape index (κ1) is 12.2. The fraction of sp³-hybridized carbons (Fsp3) is 0.133. The molecule has 1 unspecified atom stereocenters.